The van der Waals surface area contributed by atoms with Gasteiger partial charge in [0.25, 0.3) is 5.91 Å². The molecule has 3 aromatic carbocycles. The molecule has 1 heterocycles. The molecule has 2 amide bonds. The van der Waals surface area contributed by atoms with E-state index in [1.165, 1.54) is 11.8 Å². The fourth-order valence-corrected chi connectivity index (χ4v) is 4.16. The highest BCUT2D eigenvalue weighted by Gasteiger charge is 2.15. The molecule has 1 aromatic heterocycles. The molecule has 4 aromatic rings. The molecule has 0 saturated carbocycles. The zero-order valence-corrected chi connectivity index (χ0v) is 19.8. The number of carbonyl (C=O) groups is 2. The van der Waals surface area contributed by atoms with Gasteiger partial charge in [0.1, 0.15) is 5.75 Å². The van der Waals surface area contributed by atoms with Crippen molar-refractivity contribution in [1.29, 1.82) is 0 Å². The first-order valence-corrected chi connectivity index (χ1v) is 11.7. The van der Waals surface area contributed by atoms with E-state index in [2.05, 4.69) is 15.6 Å². The molecule has 0 atom stereocenters. The molecule has 34 heavy (non-hydrogen) atoms. The molecule has 9 heteroatoms. The summed E-state index contributed by atoms with van der Waals surface area (Å²) in [6, 6.07) is 21.3. The van der Waals surface area contributed by atoms with E-state index in [-0.39, 0.29) is 17.6 Å². The number of hydrogen-bond acceptors (Lipinski definition) is 5. The van der Waals surface area contributed by atoms with Gasteiger partial charge in [-0.05, 0) is 54.6 Å². The Balaban J connectivity index is 1.41. The lowest BCUT2D eigenvalue weighted by Gasteiger charge is -2.12. The van der Waals surface area contributed by atoms with Crippen molar-refractivity contribution in [3.05, 3.63) is 95.8 Å². The second kappa shape index (κ2) is 10.9. The molecule has 0 aliphatic carbocycles. The van der Waals surface area contributed by atoms with E-state index in [0.717, 1.165) is 5.69 Å². The van der Waals surface area contributed by atoms with Gasteiger partial charge in [0.15, 0.2) is 5.16 Å². The minimum absolute atomic E-state index is 0.117. The molecule has 0 spiro atoms. The van der Waals surface area contributed by atoms with Crippen molar-refractivity contribution in [3.8, 4) is 11.4 Å². The SMILES string of the molecule is COc1ccc(NC(=O)c2ccccc2NC(=O)CSc2nccn2-c2cccc(Cl)c2)cc1. The molecule has 0 radical (unpaired) electrons. The number of imidazole rings is 1. The van der Waals surface area contributed by atoms with Crippen LogP contribution in [-0.4, -0.2) is 34.2 Å². The van der Waals surface area contributed by atoms with Gasteiger partial charge in [0.2, 0.25) is 5.91 Å². The fraction of sp³-hybridized carbons (Fsp3) is 0.0800. The molecule has 4 rings (SSSR count). The normalized spacial score (nSPS) is 10.5. The van der Waals surface area contributed by atoms with E-state index in [1.807, 2.05) is 29.0 Å². The molecular weight excluding hydrogens is 472 g/mol. The summed E-state index contributed by atoms with van der Waals surface area (Å²) in [5.74, 6) is 0.228. The molecule has 0 fully saturated rings. The quantitative estimate of drug-likeness (QED) is 0.316. The summed E-state index contributed by atoms with van der Waals surface area (Å²) in [5, 5.41) is 6.93. The van der Waals surface area contributed by atoms with Crippen LogP contribution >= 0.6 is 23.4 Å². The monoisotopic (exact) mass is 492 g/mol. The smallest absolute Gasteiger partial charge is 0.257 e. The first kappa shape index (κ1) is 23.4. The fourth-order valence-electron chi connectivity index (χ4n) is 3.20. The third-order valence-corrected chi connectivity index (χ3v) is 6.02. The number of methoxy groups -OCH3 is 1. The summed E-state index contributed by atoms with van der Waals surface area (Å²) in [6.45, 7) is 0. The number of anilines is 2. The van der Waals surface area contributed by atoms with Gasteiger partial charge >= 0.3 is 0 Å². The van der Waals surface area contributed by atoms with E-state index in [0.29, 0.717) is 32.9 Å². The topological polar surface area (TPSA) is 85.2 Å². The standard InChI is InChI=1S/C25H21ClN4O3S/c1-33-20-11-9-18(10-12-20)28-24(32)21-7-2-3-8-22(21)29-23(31)16-34-25-27-13-14-30(25)19-6-4-5-17(26)15-19/h2-15H,16H2,1H3,(H,28,32)(H,29,31). The number of halogens is 1. The molecule has 0 saturated heterocycles. The van der Waals surface area contributed by atoms with Crippen molar-refractivity contribution in [1.82, 2.24) is 9.55 Å². The zero-order valence-electron chi connectivity index (χ0n) is 18.2. The summed E-state index contributed by atoms with van der Waals surface area (Å²) >= 11 is 7.38. The number of nitrogens with zero attached hydrogens (tertiary/aromatic N) is 2. The second-order valence-corrected chi connectivity index (χ2v) is 8.50. The van der Waals surface area contributed by atoms with Gasteiger partial charge in [-0.25, -0.2) is 4.98 Å². The Morgan fingerprint density at radius 2 is 1.82 bits per heavy atom. The number of amides is 2. The largest absolute Gasteiger partial charge is 0.497 e. The maximum absolute atomic E-state index is 12.8. The van der Waals surface area contributed by atoms with Crippen molar-refractivity contribution < 1.29 is 14.3 Å². The molecule has 172 valence electrons. The van der Waals surface area contributed by atoms with Crippen molar-refractivity contribution in [2.75, 3.05) is 23.5 Å². The Hall–Kier alpha value is -3.75. The Morgan fingerprint density at radius 1 is 1.03 bits per heavy atom. The molecule has 7 nitrogen and oxygen atoms in total. The van der Waals surface area contributed by atoms with Gasteiger partial charge in [-0.1, -0.05) is 41.6 Å². The van der Waals surface area contributed by atoms with Crippen LogP contribution in [0, 0.1) is 0 Å². The summed E-state index contributed by atoms with van der Waals surface area (Å²) in [4.78, 5) is 29.8. The van der Waals surface area contributed by atoms with Gasteiger partial charge in [-0.2, -0.15) is 0 Å². The van der Waals surface area contributed by atoms with E-state index < -0.39 is 0 Å². The first-order valence-electron chi connectivity index (χ1n) is 10.3. The van der Waals surface area contributed by atoms with Crippen LogP contribution < -0.4 is 15.4 Å². The first-order chi connectivity index (χ1) is 16.5. The van der Waals surface area contributed by atoms with Crippen LogP contribution in [0.15, 0.2) is 90.3 Å². The summed E-state index contributed by atoms with van der Waals surface area (Å²) in [7, 11) is 1.58. The van der Waals surface area contributed by atoms with Gasteiger partial charge in [0, 0.05) is 28.8 Å². The number of rotatable bonds is 8. The third-order valence-electron chi connectivity index (χ3n) is 4.82. The predicted molar refractivity (Wildman–Crippen MR) is 135 cm³/mol. The lowest BCUT2D eigenvalue weighted by molar-refractivity contribution is -0.113. The number of aromatic nitrogens is 2. The van der Waals surface area contributed by atoms with Crippen LogP contribution in [0.3, 0.4) is 0 Å². The van der Waals surface area contributed by atoms with Crippen LogP contribution in [-0.2, 0) is 4.79 Å². The van der Waals surface area contributed by atoms with Crippen LogP contribution in [0.4, 0.5) is 11.4 Å². The zero-order chi connectivity index (χ0) is 23.9. The second-order valence-electron chi connectivity index (χ2n) is 7.12. The van der Waals surface area contributed by atoms with Gasteiger partial charge in [-0.3, -0.25) is 14.2 Å². The Labute approximate surface area is 206 Å². The minimum Gasteiger partial charge on any atom is -0.497 e. The lowest BCUT2D eigenvalue weighted by Crippen LogP contribution is -2.19. The average Bonchev–Trinajstić information content (AvgIpc) is 3.32. The molecular formula is C25H21ClN4O3S. The number of hydrogen-bond donors (Lipinski definition) is 2. The third kappa shape index (κ3) is 5.78. The summed E-state index contributed by atoms with van der Waals surface area (Å²) < 4.78 is 7.00. The average molecular weight is 493 g/mol. The van der Waals surface area contributed by atoms with E-state index in [1.54, 1.807) is 67.9 Å². The summed E-state index contributed by atoms with van der Waals surface area (Å²) in [5.41, 5.74) is 2.26. The molecule has 0 aliphatic rings. The number of nitrogens with one attached hydrogen (secondary N) is 2. The lowest BCUT2D eigenvalue weighted by atomic mass is 10.1. The van der Waals surface area contributed by atoms with Crippen LogP contribution in [0.25, 0.3) is 5.69 Å². The number of thioether (sulfide) groups is 1. The van der Waals surface area contributed by atoms with E-state index in [4.69, 9.17) is 16.3 Å². The number of carbonyl (C=O) groups excluding carboxylic acids is 2. The number of para-hydroxylation sites is 1. The maximum atomic E-state index is 12.8. The van der Waals surface area contributed by atoms with Gasteiger partial charge < -0.3 is 15.4 Å². The predicted octanol–water partition coefficient (Wildman–Crippen LogP) is 5.52. The van der Waals surface area contributed by atoms with Crippen LogP contribution in [0.2, 0.25) is 5.02 Å². The van der Waals surface area contributed by atoms with Crippen molar-refractivity contribution in [2.24, 2.45) is 0 Å². The highest BCUT2D eigenvalue weighted by molar-refractivity contribution is 7.99. The highest BCUT2D eigenvalue weighted by atomic mass is 35.5. The highest BCUT2D eigenvalue weighted by Crippen LogP contribution is 2.24. The van der Waals surface area contributed by atoms with Crippen molar-refractivity contribution in [2.45, 2.75) is 5.16 Å². The molecule has 0 unspecified atom stereocenters. The maximum Gasteiger partial charge on any atom is 0.257 e. The van der Waals surface area contributed by atoms with Gasteiger partial charge in [-0.15, -0.1) is 0 Å². The van der Waals surface area contributed by atoms with Gasteiger partial charge in [0.05, 0.1) is 24.1 Å². The van der Waals surface area contributed by atoms with Crippen molar-refractivity contribution >= 4 is 46.6 Å². The number of ether oxygens (including phenoxy) is 1. The molecule has 2 N–H and O–H groups in total. The number of benzene rings is 3. The Bertz CT molecular complexity index is 1310. The molecule has 0 bridgehead atoms. The van der Waals surface area contributed by atoms with Crippen LogP contribution in [0.5, 0.6) is 5.75 Å². The van der Waals surface area contributed by atoms with E-state index >= 15 is 0 Å². The summed E-state index contributed by atoms with van der Waals surface area (Å²) in [6.07, 6.45) is 3.48. The minimum atomic E-state index is -0.329. The Morgan fingerprint density at radius 3 is 2.59 bits per heavy atom. The van der Waals surface area contributed by atoms with E-state index in [9.17, 15) is 9.59 Å². The Kier molecular flexibility index (Phi) is 7.51. The van der Waals surface area contributed by atoms with Crippen LogP contribution in [0.1, 0.15) is 10.4 Å². The van der Waals surface area contributed by atoms with Crippen molar-refractivity contribution in [3.63, 3.8) is 0 Å². The molecule has 0 aliphatic heterocycles.